The predicted octanol–water partition coefficient (Wildman–Crippen LogP) is 2.91. The number of rotatable bonds is 4. The average Bonchev–Trinajstić information content (AvgIpc) is 3.50. The number of benzene rings is 1. The molecule has 1 aromatic carbocycles. The third-order valence-electron chi connectivity index (χ3n) is 6.89. The normalized spacial score (nSPS) is 22.3. The quantitative estimate of drug-likeness (QED) is 0.636. The summed E-state index contributed by atoms with van der Waals surface area (Å²) in [4.78, 5) is 19.6. The molecule has 1 saturated heterocycles. The Kier molecular flexibility index (Phi) is 5.28. The van der Waals surface area contributed by atoms with E-state index in [2.05, 4.69) is 16.5 Å². The van der Waals surface area contributed by atoms with Crippen LogP contribution in [0.5, 0.6) is 11.6 Å². The van der Waals surface area contributed by atoms with Gasteiger partial charge in [-0.2, -0.15) is 10.1 Å². The largest absolute Gasteiger partial charge is 0.493 e. The second-order valence-corrected chi connectivity index (χ2v) is 9.44. The molecule has 4 bridgehead atoms. The van der Waals surface area contributed by atoms with Gasteiger partial charge in [-0.15, -0.1) is 0 Å². The van der Waals surface area contributed by atoms with Crippen LogP contribution in [0.15, 0.2) is 30.6 Å². The molecule has 2 atom stereocenters. The average molecular weight is 464 g/mol. The van der Waals surface area contributed by atoms with Crippen LogP contribution in [-0.4, -0.2) is 71.0 Å². The number of nitrogens with one attached hydrogen (secondary N) is 1. The molecule has 1 aliphatic carbocycles. The summed E-state index contributed by atoms with van der Waals surface area (Å²) in [6.07, 6.45) is 6.39. The molecule has 3 aliphatic rings. The molecule has 2 aliphatic heterocycles. The highest BCUT2D eigenvalue weighted by Crippen LogP contribution is 2.34. The number of carbonyl (C=O) groups excluding carboxylic acids is 1. The molecular formula is C25H29N5O4. The maximum atomic E-state index is 12.9. The van der Waals surface area contributed by atoms with Crippen molar-refractivity contribution >= 4 is 17.2 Å². The molecule has 4 heterocycles. The first-order valence-electron chi connectivity index (χ1n) is 11.9. The monoisotopic (exact) mass is 463 g/mol. The van der Waals surface area contributed by atoms with E-state index in [-0.39, 0.29) is 11.9 Å². The van der Waals surface area contributed by atoms with E-state index in [0.717, 1.165) is 40.4 Å². The second kappa shape index (κ2) is 8.47. The summed E-state index contributed by atoms with van der Waals surface area (Å²) >= 11 is 0. The second-order valence-electron chi connectivity index (χ2n) is 9.44. The van der Waals surface area contributed by atoms with Gasteiger partial charge in [-0.3, -0.25) is 4.79 Å². The van der Waals surface area contributed by atoms with Crippen molar-refractivity contribution in [2.45, 2.75) is 38.3 Å². The summed E-state index contributed by atoms with van der Waals surface area (Å²) in [5.41, 5.74) is 4.43. The van der Waals surface area contributed by atoms with Crippen molar-refractivity contribution in [1.82, 2.24) is 19.5 Å². The van der Waals surface area contributed by atoms with Gasteiger partial charge in [0.25, 0.3) is 5.91 Å². The maximum Gasteiger partial charge on any atom is 0.252 e. The van der Waals surface area contributed by atoms with Gasteiger partial charge in [0.1, 0.15) is 18.5 Å². The molecular weight excluding hydrogens is 434 g/mol. The van der Waals surface area contributed by atoms with Crippen molar-refractivity contribution in [3.8, 4) is 22.8 Å². The number of methoxy groups -OCH3 is 1. The van der Waals surface area contributed by atoms with E-state index in [4.69, 9.17) is 19.2 Å². The van der Waals surface area contributed by atoms with Gasteiger partial charge in [-0.05, 0) is 43.4 Å². The molecule has 6 rings (SSSR count). The standard InChI is InChI=1S/C25H29N5O4/c1-15-12-30-23-21(11-27-30)17-7-18(9-20(8-17)33-13-16-3-4-16)26-5-6-29-19(14-34-24(15)28-23)10-22(32-2)25(29)31/h7-9,11-12,16,19,22,26H,3-6,10,13-14H2,1-2H3/t19-,22+/m0/s1. The van der Waals surface area contributed by atoms with Crippen molar-refractivity contribution in [1.29, 1.82) is 0 Å². The van der Waals surface area contributed by atoms with E-state index in [1.807, 2.05) is 36.4 Å². The van der Waals surface area contributed by atoms with Gasteiger partial charge in [-0.25, -0.2) is 4.52 Å². The maximum absolute atomic E-state index is 12.9. The fourth-order valence-electron chi connectivity index (χ4n) is 4.76. The summed E-state index contributed by atoms with van der Waals surface area (Å²) in [6, 6.07) is 6.07. The molecule has 9 heteroatoms. The first-order valence-corrected chi connectivity index (χ1v) is 11.9. The van der Waals surface area contributed by atoms with Crippen LogP contribution in [0.25, 0.3) is 16.8 Å². The first kappa shape index (κ1) is 21.2. The van der Waals surface area contributed by atoms with Crippen molar-refractivity contribution in [2.24, 2.45) is 5.92 Å². The van der Waals surface area contributed by atoms with Gasteiger partial charge in [0.2, 0.25) is 5.88 Å². The Hall–Kier alpha value is -3.33. The highest BCUT2D eigenvalue weighted by atomic mass is 16.5. The van der Waals surface area contributed by atoms with E-state index in [0.29, 0.717) is 37.9 Å². The van der Waals surface area contributed by atoms with Crippen LogP contribution < -0.4 is 14.8 Å². The molecule has 0 radical (unpaired) electrons. The zero-order chi connectivity index (χ0) is 23.2. The molecule has 1 amide bonds. The number of ether oxygens (including phenoxy) is 3. The van der Waals surface area contributed by atoms with E-state index >= 15 is 0 Å². The summed E-state index contributed by atoms with van der Waals surface area (Å²) < 4.78 is 19.5. The summed E-state index contributed by atoms with van der Waals surface area (Å²) in [7, 11) is 1.58. The third kappa shape index (κ3) is 3.94. The van der Waals surface area contributed by atoms with Crippen molar-refractivity contribution in [3.05, 3.63) is 36.2 Å². The van der Waals surface area contributed by atoms with Crippen LogP contribution in [0.3, 0.4) is 0 Å². The SMILES string of the molecule is CO[C@@H]1C[C@H]2COc3nc4c(cnn4cc3C)-c3cc(cc(OCC4CC4)c3)NCCN2C1=O. The zero-order valence-electron chi connectivity index (χ0n) is 19.5. The van der Waals surface area contributed by atoms with E-state index in [9.17, 15) is 4.79 Å². The lowest BCUT2D eigenvalue weighted by Gasteiger charge is -2.25. The number of hydrogen-bond donors (Lipinski definition) is 1. The molecule has 1 N–H and O–H groups in total. The summed E-state index contributed by atoms with van der Waals surface area (Å²) in [5.74, 6) is 2.03. The highest BCUT2D eigenvalue weighted by molar-refractivity contribution is 5.84. The van der Waals surface area contributed by atoms with Crippen molar-refractivity contribution in [2.75, 3.05) is 38.7 Å². The number of aromatic nitrogens is 3. The van der Waals surface area contributed by atoms with Crippen LogP contribution >= 0.6 is 0 Å². The van der Waals surface area contributed by atoms with E-state index < -0.39 is 6.10 Å². The number of carbonyl (C=O) groups is 1. The molecule has 178 valence electrons. The summed E-state index contributed by atoms with van der Waals surface area (Å²) in [5, 5.41) is 8.02. The molecule has 1 saturated carbocycles. The lowest BCUT2D eigenvalue weighted by atomic mass is 10.1. The van der Waals surface area contributed by atoms with Crippen molar-refractivity contribution in [3.63, 3.8) is 0 Å². The minimum atomic E-state index is -0.437. The van der Waals surface area contributed by atoms with Crippen LogP contribution in [0.1, 0.15) is 24.8 Å². The Morgan fingerprint density at radius 3 is 2.97 bits per heavy atom. The fraction of sp³-hybridized carbons (Fsp3) is 0.480. The molecule has 0 spiro atoms. The minimum absolute atomic E-state index is 0.00501. The molecule has 9 nitrogen and oxygen atoms in total. The lowest BCUT2D eigenvalue weighted by molar-refractivity contribution is -0.136. The Morgan fingerprint density at radius 1 is 1.26 bits per heavy atom. The fourth-order valence-corrected chi connectivity index (χ4v) is 4.76. The molecule has 34 heavy (non-hydrogen) atoms. The van der Waals surface area contributed by atoms with Gasteiger partial charge in [0, 0.05) is 55.7 Å². The Balaban J connectivity index is 1.41. The molecule has 2 fully saturated rings. The van der Waals surface area contributed by atoms with Gasteiger partial charge in [-0.1, -0.05) is 0 Å². The third-order valence-corrected chi connectivity index (χ3v) is 6.89. The minimum Gasteiger partial charge on any atom is -0.493 e. The highest BCUT2D eigenvalue weighted by Gasteiger charge is 2.40. The lowest BCUT2D eigenvalue weighted by Crippen LogP contribution is -2.41. The van der Waals surface area contributed by atoms with Gasteiger partial charge in [0.15, 0.2) is 5.65 Å². The van der Waals surface area contributed by atoms with E-state index in [1.54, 1.807) is 11.6 Å². The van der Waals surface area contributed by atoms with Crippen molar-refractivity contribution < 1.29 is 19.0 Å². The smallest absolute Gasteiger partial charge is 0.252 e. The molecule has 0 unspecified atom stereocenters. The van der Waals surface area contributed by atoms with Crippen LogP contribution in [-0.2, 0) is 9.53 Å². The molecule has 2 aromatic heterocycles. The number of nitrogens with zero attached hydrogens (tertiary/aromatic N) is 4. The van der Waals surface area contributed by atoms with Gasteiger partial charge >= 0.3 is 0 Å². The number of hydrogen-bond acceptors (Lipinski definition) is 7. The van der Waals surface area contributed by atoms with Gasteiger partial charge < -0.3 is 24.4 Å². The summed E-state index contributed by atoms with van der Waals surface area (Å²) in [6.45, 7) is 4.21. The van der Waals surface area contributed by atoms with Crippen LogP contribution in [0, 0.1) is 12.8 Å². The topological polar surface area (TPSA) is 90.2 Å². The van der Waals surface area contributed by atoms with E-state index in [1.165, 1.54) is 12.8 Å². The first-order chi connectivity index (χ1) is 16.6. The zero-order valence-corrected chi connectivity index (χ0v) is 19.5. The van der Waals surface area contributed by atoms with Crippen LogP contribution in [0.2, 0.25) is 0 Å². The number of amides is 1. The van der Waals surface area contributed by atoms with Gasteiger partial charge in [0.05, 0.1) is 18.8 Å². The number of anilines is 1. The number of aryl methyl sites for hydroxylation is 1. The molecule has 3 aromatic rings. The predicted molar refractivity (Wildman–Crippen MR) is 126 cm³/mol. The Bertz CT molecular complexity index is 1240. The Labute approximate surface area is 198 Å². The number of fused-ring (bicyclic) bond motifs is 5. The van der Waals surface area contributed by atoms with Crippen LogP contribution in [0.4, 0.5) is 5.69 Å². The Morgan fingerprint density at radius 2 is 2.15 bits per heavy atom.